The molecule has 14 heavy (non-hydrogen) atoms. The lowest BCUT2D eigenvalue weighted by molar-refractivity contribution is 0.164. The van der Waals surface area contributed by atoms with Crippen molar-refractivity contribution in [3.8, 4) is 0 Å². The SMILES string of the molecule is COCC(C)CNc1ncncc1I. The van der Waals surface area contributed by atoms with E-state index in [4.69, 9.17) is 4.74 Å². The van der Waals surface area contributed by atoms with E-state index in [2.05, 4.69) is 44.8 Å². The van der Waals surface area contributed by atoms with Crippen LogP contribution in [0, 0.1) is 9.49 Å². The third kappa shape index (κ3) is 3.75. The number of halogens is 1. The van der Waals surface area contributed by atoms with Crippen molar-refractivity contribution >= 4 is 28.4 Å². The Kier molecular flexibility index (Phi) is 5.10. The van der Waals surface area contributed by atoms with Gasteiger partial charge in [0.2, 0.25) is 0 Å². The van der Waals surface area contributed by atoms with Gasteiger partial charge in [0.25, 0.3) is 0 Å². The molecule has 0 aromatic carbocycles. The Morgan fingerprint density at radius 1 is 1.64 bits per heavy atom. The fourth-order valence-corrected chi connectivity index (χ4v) is 1.55. The van der Waals surface area contributed by atoms with Crippen molar-refractivity contribution in [3.63, 3.8) is 0 Å². The predicted octanol–water partition coefficient (Wildman–Crippen LogP) is 1.78. The number of rotatable bonds is 5. The van der Waals surface area contributed by atoms with E-state index in [9.17, 15) is 0 Å². The van der Waals surface area contributed by atoms with E-state index < -0.39 is 0 Å². The number of aromatic nitrogens is 2. The van der Waals surface area contributed by atoms with Crippen molar-refractivity contribution in [2.24, 2.45) is 5.92 Å². The fraction of sp³-hybridized carbons (Fsp3) is 0.556. The van der Waals surface area contributed by atoms with Gasteiger partial charge in [-0.1, -0.05) is 6.92 Å². The molecule has 0 spiro atoms. The standard InChI is InChI=1S/C9H14IN3O/c1-7(5-14-2)3-12-9-8(10)4-11-6-13-9/h4,6-7H,3,5H2,1-2H3,(H,11,12,13). The first-order chi connectivity index (χ1) is 6.74. The first kappa shape index (κ1) is 11.6. The lowest BCUT2D eigenvalue weighted by Gasteiger charge is -2.12. The summed E-state index contributed by atoms with van der Waals surface area (Å²) in [4.78, 5) is 8.06. The van der Waals surface area contributed by atoms with Crippen molar-refractivity contribution < 1.29 is 4.74 Å². The Balaban J connectivity index is 2.41. The normalized spacial score (nSPS) is 12.5. The molecule has 1 N–H and O–H groups in total. The second kappa shape index (κ2) is 6.13. The van der Waals surface area contributed by atoms with Gasteiger partial charge in [0.05, 0.1) is 10.2 Å². The van der Waals surface area contributed by atoms with E-state index in [1.807, 2.05) is 0 Å². The molecule has 1 heterocycles. The molecule has 0 radical (unpaired) electrons. The zero-order valence-electron chi connectivity index (χ0n) is 8.33. The molecule has 1 unspecified atom stereocenters. The molecule has 1 aromatic heterocycles. The lowest BCUT2D eigenvalue weighted by atomic mass is 10.2. The van der Waals surface area contributed by atoms with Crippen LogP contribution in [0.4, 0.5) is 5.82 Å². The number of anilines is 1. The smallest absolute Gasteiger partial charge is 0.142 e. The van der Waals surface area contributed by atoms with Crippen molar-refractivity contribution in [2.45, 2.75) is 6.92 Å². The van der Waals surface area contributed by atoms with Gasteiger partial charge in [0.15, 0.2) is 0 Å². The second-order valence-electron chi connectivity index (χ2n) is 3.16. The maximum Gasteiger partial charge on any atom is 0.142 e. The van der Waals surface area contributed by atoms with E-state index in [1.54, 1.807) is 19.6 Å². The number of hydrogen-bond acceptors (Lipinski definition) is 4. The summed E-state index contributed by atoms with van der Waals surface area (Å²) in [5.74, 6) is 1.37. The van der Waals surface area contributed by atoms with Crippen LogP contribution in [0.5, 0.6) is 0 Å². The van der Waals surface area contributed by atoms with Gasteiger partial charge < -0.3 is 10.1 Å². The molecular weight excluding hydrogens is 293 g/mol. The third-order valence-corrected chi connectivity index (χ3v) is 2.53. The van der Waals surface area contributed by atoms with E-state index in [0.29, 0.717) is 5.92 Å². The highest BCUT2D eigenvalue weighted by Crippen LogP contribution is 2.12. The Morgan fingerprint density at radius 3 is 3.07 bits per heavy atom. The molecule has 0 saturated carbocycles. The van der Waals surface area contributed by atoms with Crippen molar-refractivity contribution in [2.75, 3.05) is 25.6 Å². The van der Waals surface area contributed by atoms with Crippen molar-refractivity contribution in [3.05, 3.63) is 16.1 Å². The molecule has 0 aliphatic heterocycles. The van der Waals surface area contributed by atoms with Gasteiger partial charge in [0, 0.05) is 19.9 Å². The molecule has 1 atom stereocenters. The average Bonchev–Trinajstić information content (AvgIpc) is 2.17. The summed E-state index contributed by atoms with van der Waals surface area (Å²) in [5.41, 5.74) is 0. The first-order valence-corrected chi connectivity index (χ1v) is 5.50. The highest BCUT2D eigenvalue weighted by atomic mass is 127. The monoisotopic (exact) mass is 307 g/mol. The summed E-state index contributed by atoms with van der Waals surface area (Å²) in [5, 5.41) is 3.26. The molecule has 0 bridgehead atoms. The van der Waals surface area contributed by atoms with Gasteiger partial charge in [0.1, 0.15) is 12.1 Å². The quantitative estimate of drug-likeness (QED) is 0.842. The zero-order chi connectivity index (χ0) is 10.4. The maximum atomic E-state index is 5.05. The highest BCUT2D eigenvalue weighted by molar-refractivity contribution is 14.1. The van der Waals surface area contributed by atoms with Crippen LogP contribution < -0.4 is 5.32 Å². The largest absolute Gasteiger partial charge is 0.384 e. The topological polar surface area (TPSA) is 47.0 Å². The summed E-state index contributed by atoms with van der Waals surface area (Å²) >= 11 is 2.21. The minimum absolute atomic E-state index is 0.478. The molecule has 78 valence electrons. The molecule has 1 aromatic rings. The fourth-order valence-electron chi connectivity index (χ4n) is 1.06. The summed E-state index contributed by atoms with van der Waals surface area (Å²) in [6.07, 6.45) is 3.34. The number of methoxy groups -OCH3 is 1. The molecule has 0 aliphatic rings. The van der Waals surface area contributed by atoms with Crippen LogP contribution in [0.1, 0.15) is 6.92 Å². The Labute approximate surface area is 97.6 Å². The summed E-state index contributed by atoms with van der Waals surface area (Å²) < 4.78 is 6.08. The molecule has 0 fully saturated rings. The first-order valence-electron chi connectivity index (χ1n) is 4.42. The van der Waals surface area contributed by atoms with Gasteiger partial charge in [-0.3, -0.25) is 0 Å². The lowest BCUT2D eigenvalue weighted by Crippen LogP contribution is -2.17. The van der Waals surface area contributed by atoms with Crippen LogP contribution in [0.3, 0.4) is 0 Å². The van der Waals surface area contributed by atoms with E-state index in [0.717, 1.165) is 22.5 Å². The van der Waals surface area contributed by atoms with Crippen LogP contribution in [-0.2, 0) is 4.74 Å². The molecule has 5 heteroatoms. The molecule has 4 nitrogen and oxygen atoms in total. The Morgan fingerprint density at radius 2 is 2.43 bits per heavy atom. The molecule has 0 aliphatic carbocycles. The van der Waals surface area contributed by atoms with Gasteiger partial charge >= 0.3 is 0 Å². The number of nitrogens with zero attached hydrogens (tertiary/aromatic N) is 2. The molecule has 1 rings (SSSR count). The molecule has 0 amide bonds. The van der Waals surface area contributed by atoms with E-state index in [-0.39, 0.29) is 0 Å². The van der Waals surface area contributed by atoms with Crippen LogP contribution >= 0.6 is 22.6 Å². The maximum absolute atomic E-state index is 5.05. The summed E-state index contributed by atoms with van der Waals surface area (Å²) in [6, 6.07) is 0. The zero-order valence-corrected chi connectivity index (χ0v) is 10.5. The Hall–Kier alpha value is -0.430. The minimum Gasteiger partial charge on any atom is -0.384 e. The van der Waals surface area contributed by atoms with E-state index >= 15 is 0 Å². The van der Waals surface area contributed by atoms with Gasteiger partial charge in [-0.25, -0.2) is 9.97 Å². The van der Waals surface area contributed by atoms with Gasteiger partial charge in [-0.15, -0.1) is 0 Å². The molecule has 0 saturated heterocycles. The van der Waals surface area contributed by atoms with Crippen LogP contribution in [-0.4, -0.2) is 30.2 Å². The van der Waals surface area contributed by atoms with Crippen LogP contribution in [0.2, 0.25) is 0 Å². The van der Waals surface area contributed by atoms with Gasteiger partial charge in [-0.2, -0.15) is 0 Å². The van der Waals surface area contributed by atoms with Gasteiger partial charge in [-0.05, 0) is 28.5 Å². The van der Waals surface area contributed by atoms with Crippen LogP contribution in [0.25, 0.3) is 0 Å². The minimum atomic E-state index is 0.478. The third-order valence-electron chi connectivity index (χ3n) is 1.74. The van der Waals surface area contributed by atoms with E-state index in [1.165, 1.54) is 0 Å². The predicted molar refractivity (Wildman–Crippen MR) is 64.3 cm³/mol. The van der Waals surface area contributed by atoms with Crippen LogP contribution in [0.15, 0.2) is 12.5 Å². The number of hydrogen-bond donors (Lipinski definition) is 1. The number of ether oxygens (including phenoxy) is 1. The average molecular weight is 307 g/mol. The Bertz CT molecular complexity index is 283. The summed E-state index contributed by atoms with van der Waals surface area (Å²) in [7, 11) is 1.71. The molecular formula is C9H14IN3O. The second-order valence-corrected chi connectivity index (χ2v) is 4.32. The highest BCUT2D eigenvalue weighted by Gasteiger charge is 2.03. The van der Waals surface area contributed by atoms with Crippen molar-refractivity contribution in [1.82, 2.24) is 9.97 Å². The van der Waals surface area contributed by atoms with Crippen molar-refractivity contribution in [1.29, 1.82) is 0 Å². The summed E-state index contributed by atoms with van der Waals surface area (Å²) in [6.45, 7) is 3.75. The number of nitrogens with one attached hydrogen (secondary N) is 1.